The van der Waals surface area contributed by atoms with Gasteiger partial charge < -0.3 is 9.80 Å². The van der Waals surface area contributed by atoms with Crippen LogP contribution in [0.3, 0.4) is 0 Å². The monoisotopic (exact) mass is 278 g/mol. The van der Waals surface area contributed by atoms with Crippen molar-refractivity contribution in [1.82, 2.24) is 9.80 Å². The highest BCUT2D eigenvalue weighted by Crippen LogP contribution is 2.33. The van der Waals surface area contributed by atoms with Gasteiger partial charge in [-0.05, 0) is 35.2 Å². The number of thiophene rings is 1. The number of carbonyl (C=O) groups excluding carboxylic acids is 2. The molecule has 0 N–H and O–H groups in total. The van der Waals surface area contributed by atoms with Gasteiger partial charge in [-0.15, -0.1) is 0 Å². The van der Waals surface area contributed by atoms with Crippen LogP contribution in [0.4, 0.5) is 0 Å². The van der Waals surface area contributed by atoms with Crippen LogP contribution in [0.2, 0.25) is 0 Å². The summed E-state index contributed by atoms with van der Waals surface area (Å²) in [7, 11) is 1.82. The van der Waals surface area contributed by atoms with Crippen molar-refractivity contribution in [3.63, 3.8) is 0 Å². The van der Waals surface area contributed by atoms with Gasteiger partial charge in [-0.25, -0.2) is 0 Å². The summed E-state index contributed by atoms with van der Waals surface area (Å²) in [6.45, 7) is 1.26. The van der Waals surface area contributed by atoms with Crippen LogP contribution in [-0.4, -0.2) is 41.2 Å². The number of hydrogen-bond donors (Lipinski definition) is 0. The van der Waals surface area contributed by atoms with Gasteiger partial charge in [-0.1, -0.05) is 0 Å². The first kappa shape index (κ1) is 12.7. The van der Waals surface area contributed by atoms with Crippen molar-refractivity contribution < 1.29 is 9.59 Å². The topological polar surface area (TPSA) is 40.6 Å². The fourth-order valence-corrected chi connectivity index (χ4v) is 3.34. The highest BCUT2D eigenvalue weighted by Gasteiger charge is 2.42. The molecule has 3 rings (SSSR count). The van der Waals surface area contributed by atoms with Crippen molar-refractivity contribution in [3.8, 4) is 0 Å². The number of nitrogens with zero attached hydrogens (tertiary/aromatic N) is 2. The van der Waals surface area contributed by atoms with Crippen molar-refractivity contribution in [1.29, 1.82) is 0 Å². The maximum absolute atomic E-state index is 12.4. The number of rotatable bonds is 4. The van der Waals surface area contributed by atoms with Crippen LogP contribution in [0.25, 0.3) is 0 Å². The Balaban J connectivity index is 1.59. The molecule has 102 valence electrons. The highest BCUT2D eigenvalue weighted by molar-refractivity contribution is 7.07. The van der Waals surface area contributed by atoms with Crippen molar-refractivity contribution in [2.24, 2.45) is 5.92 Å². The van der Waals surface area contributed by atoms with Crippen LogP contribution >= 0.6 is 11.3 Å². The summed E-state index contributed by atoms with van der Waals surface area (Å²) in [5, 5.41) is 4.07. The van der Waals surface area contributed by atoms with Crippen LogP contribution in [0.1, 0.15) is 24.8 Å². The quantitative estimate of drug-likeness (QED) is 0.841. The van der Waals surface area contributed by atoms with Gasteiger partial charge in [0.25, 0.3) is 0 Å². The van der Waals surface area contributed by atoms with E-state index in [-0.39, 0.29) is 17.7 Å². The van der Waals surface area contributed by atoms with Crippen LogP contribution in [0, 0.1) is 5.92 Å². The van der Waals surface area contributed by atoms with E-state index < -0.39 is 0 Å². The fourth-order valence-electron chi connectivity index (χ4n) is 2.68. The molecule has 2 amide bonds. The summed E-state index contributed by atoms with van der Waals surface area (Å²) >= 11 is 1.64. The highest BCUT2D eigenvalue weighted by atomic mass is 32.1. The van der Waals surface area contributed by atoms with Crippen LogP contribution in [0.15, 0.2) is 16.8 Å². The standard InChI is InChI=1S/C14H18N2O2S/c1-15(7-10-4-5-19-9-10)14(18)11-6-13(17)16(8-11)12-2-3-12/h4-5,9,11-12H,2-3,6-8H2,1H3/t11-/m1/s1. The molecule has 1 aliphatic heterocycles. The summed E-state index contributed by atoms with van der Waals surface area (Å²) in [6.07, 6.45) is 2.61. The van der Waals surface area contributed by atoms with Crippen molar-refractivity contribution in [2.45, 2.75) is 31.8 Å². The largest absolute Gasteiger partial charge is 0.341 e. The molecule has 0 radical (unpaired) electrons. The lowest BCUT2D eigenvalue weighted by molar-refractivity contribution is -0.135. The van der Waals surface area contributed by atoms with E-state index in [2.05, 4.69) is 5.38 Å². The first-order valence-corrected chi connectivity index (χ1v) is 7.65. The van der Waals surface area contributed by atoms with E-state index in [1.165, 1.54) is 0 Å². The maximum atomic E-state index is 12.4. The Kier molecular flexibility index (Phi) is 3.31. The van der Waals surface area contributed by atoms with E-state index in [1.54, 1.807) is 16.2 Å². The molecule has 0 spiro atoms. The van der Waals surface area contributed by atoms with Gasteiger partial charge in [0, 0.05) is 32.6 Å². The molecular weight excluding hydrogens is 260 g/mol. The molecule has 1 aromatic heterocycles. The van der Waals surface area contributed by atoms with E-state index >= 15 is 0 Å². The lowest BCUT2D eigenvalue weighted by Crippen LogP contribution is -2.34. The first-order valence-electron chi connectivity index (χ1n) is 6.70. The minimum atomic E-state index is -0.142. The Morgan fingerprint density at radius 3 is 2.95 bits per heavy atom. The predicted octanol–water partition coefficient (Wildman–Crippen LogP) is 1.72. The van der Waals surface area contributed by atoms with Crippen LogP contribution < -0.4 is 0 Å². The van der Waals surface area contributed by atoms with Gasteiger partial charge in [-0.3, -0.25) is 9.59 Å². The maximum Gasteiger partial charge on any atom is 0.228 e. The summed E-state index contributed by atoms with van der Waals surface area (Å²) in [5.74, 6) is 0.115. The smallest absolute Gasteiger partial charge is 0.228 e. The molecule has 1 aromatic rings. The molecule has 2 aliphatic rings. The Bertz CT molecular complexity index is 482. The van der Waals surface area contributed by atoms with Gasteiger partial charge in [0.1, 0.15) is 0 Å². The molecule has 1 saturated heterocycles. The average molecular weight is 278 g/mol. The van der Waals surface area contributed by atoms with Gasteiger partial charge in [0.2, 0.25) is 11.8 Å². The van der Waals surface area contributed by atoms with E-state index in [1.807, 2.05) is 23.4 Å². The lowest BCUT2D eigenvalue weighted by atomic mass is 10.1. The van der Waals surface area contributed by atoms with Gasteiger partial charge >= 0.3 is 0 Å². The van der Waals surface area contributed by atoms with Gasteiger partial charge in [0.15, 0.2) is 0 Å². The van der Waals surface area contributed by atoms with Crippen molar-refractivity contribution >= 4 is 23.2 Å². The number of carbonyl (C=O) groups is 2. The molecular formula is C14H18N2O2S. The van der Waals surface area contributed by atoms with E-state index in [0.717, 1.165) is 18.4 Å². The number of hydrogen-bond acceptors (Lipinski definition) is 3. The number of amides is 2. The SMILES string of the molecule is CN(Cc1ccsc1)C(=O)[C@@H]1CC(=O)N(C2CC2)C1. The minimum absolute atomic E-state index is 0.0997. The third-order valence-electron chi connectivity index (χ3n) is 3.87. The summed E-state index contributed by atoms with van der Waals surface area (Å²) in [5.41, 5.74) is 1.16. The second-order valence-corrected chi connectivity index (χ2v) is 6.28. The molecule has 5 heteroatoms. The van der Waals surface area contributed by atoms with Crippen molar-refractivity contribution in [2.75, 3.05) is 13.6 Å². The molecule has 1 saturated carbocycles. The lowest BCUT2D eigenvalue weighted by Gasteiger charge is -2.21. The zero-order valence-electron chi connectivity index (χ0n) is 11.0. The van der Waals surface area contributed by atoms with Gasteiger partial charge in [0.05, 0.1) is 5.92 Å². The van der Waals surface area contributed by atoms with Crippen molar-refractivity contribution in [3.05, 3.63) is 22.4 Å². The molecule has 4 nitrogen and oxygen atoms in total. The Morgan fingerprint density at radius 2 is 2.32 bits per heavy atom. The van der Waals surface area contributed by atoms with E-state index in [9.17, 15) is 9.59 Å². The number of likely N-dealkylation sites (tertiary alicyclic amines) is 1. The fraction of sp³-hybridized carbons (Fsp3) is 0.571. The zero-order chi connectivity index (χ0) is 13.4. The molecule has 1 aliphatic carbocycles. The predicted molar refractivity (Wildman–Crippen MR) is 73.6 cm³/mol. The Hall–Kier alpha value is -1.36. The second-order valence-electron chi connectivity index (χ2n) is 5.50. The normalized spacial score (nSPS) is 22.9. The van der Waals surface area contributed by atoms with E-state index in [4.69, 9.17) is 0 Å². The Labute approximate surface area is 117 Å². The summed E-state index contributed by atoms with van der Waals surface area (Å²) in [6, 6.07) is 2.46. The Morgan fingerprint density at radius 1 is 1.53 bits per heavy atom. The minimum Gasteiger partial charge on any atom is -0.341 e. The third kappa shape index (κ3) is 2.66. The molecule has 0 bridgehead atoms. The van der Waals surface area contributed by atoms with Crippen LogP contribution in [0.5, 0.6) is 0 Å². The average Bonchev–Trinajstić information content (AvgIpc) is 2.96. The molecule has 2 heterocycles. The summed E-state index contributed by atoms with van der Waals surface area (Å²) < 4.78 is 0. The van der Waals surface area contributed by atoms with E-state index in [0.29, 0.717) is 25.6 Å². The van der Waals surface area contributed by atoms with Gasteiger partial charge in [-0.2, -0.15) is 11.3 Å². The molecule has 1 atom stereocenters. The van der Waals surface area contributed by atoms with Crippen LogP contribution in [-0.2, 0) is 16.1 Å². The molecule has 0 unspecified atom stereocenters. The molecule has 2 fully saturated rings. The zero-order valence-corrected chi connectivity index (χ0v) is 11.9. The third-order valence-corrected chi connectivity index (χ3v) is 4.60. The molecule has 0 aromatic carbocycles. The molecule has 19 heavy (non-hydrogen) atoms. The summed E-state index contributed by atoms with van der Waals surface area (Å²) in [4.78, 5) is 27.9. The second kappa shape index (κ2) is 4.96. The first-order chi connectivity index (χ1) is 9.15.